The SMILES string of the molecule is COC1OC(CO)C(OC2OC(CO)C(OC3OC(CO)C(O)C(O)[CH]3[Re])C(O)C2O)C(O)C1O. The number of hydrogen-bond donors (Lipinski definition) is 9. The topological polar surface area (TPSA) is 237 Å². The Hall–Kier alpha value is 0.0623. The Kier molecular flexibility index (Phi) is 10.8. The Balaban J connectivity index is 1.72. The van der Waals surface area contributed by atoms with Crippen LogP contribution in [0.4, 0.5) is 0 Å². The van der Waals surface area contributed by atoms with Gasteiger partial charge in [0.05, 0.1) is 0 Å². The van der Waals surface area contributed by atoms with E-state index in [0.29, 0.717) is 0 Å². The molecule has 206 valence electrons. The molecule has 0 spiro atoms. The van der Waals surface area contributed by atoms with E-state index < -0.39 is 110 Å². The molecule has 15 atom stereocenters. The summed E-state index contributed by atoms with van der Waals surface area (Å²) in [5.74, 6) is 0. The van der Waals surface area contributed by atoms with Crippen LogP contribution in [-0.4, -0.2) is 159 Å². The van der Waals surface area contributed by atoms with E-state index in [2.05, 4.69) is 0 Å². The Bertz CT molecular complexity index is 656. The monoisotopic (exact) mass is 688 g/mol. The van der Waals surface area contributed by atoms with Gasteiger partial charge < -0.3 is 4.74 Å². The van der Waals surface area contributed by atoms with Crippen molar-refractivity contribution in [2.24, 2.45) is 0 Å². The summed E-state index contributed by atoms with van der Waals surface area (Å²) in [6, 6.07) is 0. The van der Waals surface area contributed by atoms with Crippen LogP contribution in [0.2, 0.25) is 4.39 Å². The number of methoxy groups -OCH3 is 1. The molecule has 0 aromatic carbocycles. The van der Waals surface area contributed by atoms with Gasteiger partial charge >= 0.3 is 199 Å². The van der Waals surface area contributed by atoms with Crippen molar-refractivity contribution in [3.63, 3.8) is 0 Å². The second kappa shape index (κ2) is 12.7. The molecule has 3 rings (SSSR count). The van der Waals surface area contributed by atoms with E-state index in [0.717, 1.165) is 19.2 Å². The molecule has 3 aliphatic heterocycles. The molecule has 0 aromatic heterocycles. The van der Waals surface area contributed by atoms with Gasteiger partial charge in [0, 0.05) is 7.11 Å². The maximum absolute atomic E-state index is 10.7. The normalized spacial score (nSPS) is 51.3. The summed E-state index contributed by atoms with van der Waals surface area (Å²) in [4.78, 5) is 0. The van der Waals surface area contributed by atoms with E-state index in [1.54, 1.807) is 0 Å². The predicted molar refractivity (Wildman–Crippen MR) is 104 cm³/mol. The number of rotatable bonds is 8. The number of ether oxygens (including phenoxy) is 6. The van der Waals surface area contributed by atoms with E-state index in [1.165, 1.54) is 7.11 Å². The summed E-state index contributed by atoms with van der Waals surface area (Å²) in [5.41, 5.74) is 0. The van der Waals surface area contributed by atoms with Gasteiger partial charge in [0.2, 0.25) is 0 Å². The fourth-order valence-electron chi connectivity index (χ4n) is 4.21. The van der Waals surface area contributed by atoms with Crippen LogP contribution in [0.5, 0.6) is 0 Å². The van der Waals surface area contributed by atoms with Crippen LogP contribution in [0, 0.1) is 0 Å². The molecular weight excluding hydrogens is 654 g/mol. The van der Waals surface area contributed by atoms with Crippen molar-refractivity contribution in [3.05, 3.63) is 0 Å². The fraction of sp³-hybridized carbons (Fsp3) is 1.00. The van der Waals surface area contributed by atoms with E-state index in [-0.39, 0.29) is 0 Å². The van der Waals surface area contributed by atoms with Crippen LogP contribution in [0.15, 0.2) is 0 Å². The van der Waals surface area contributed by atoms with Gasteiger partial charge in [-0.05, 0) is 0 Å². The molecule has 3 fully saturated rings. The van der Waals surface area contributed by atoms with Crippen LogP contribution in [-0.2, 0) is 47.6 Å². The Labute approximate surface area is 211 Å². The molecule has 35 heavy (non-hydrogen) atoms. The summed E-state index contributed by atoms with van der Waals surface area (Å²) in [7, 11) is 1.23. The Morgan fingerprint density at radius 3 is 1.49 bits per heavy atom. The average Bonchev–Trinajstić information content (AvgIpc) is 2.86. The van der Waals surface area contributed by atoms with Gasteiger partial charge in [0.25, 0.3) is 0 Å². The van der Waals surface area contributed by atoms with Crippen molar-refractivity contribution in [2.45, 2.75) is 90.4 Å². The number of aliphatic hydroxyl groups is 9. The molecule has 0 amide bonds. The first-order valence-corrected chi connectivity index (χ1v) is 12.5. The third kappa shape index (κ3) is 6.05. The van der Waals surface area contributed by atoms with E-state index >= 15 is 0 Å². The first-order valence-electron chi connectivity index (χ1n) is 10.9. The summed E-state index contributed by atoms with van der Waals surface area (Å²) in [6.45, 7) is -1.97. The van der Waals surface area contributed by atoms with Gasteiger partial charge in [-0.25, -0.2) is 0 Å². The maximum atomic E-state index is 10.7. The standard InChI is InChI=1S/C19H33O15.Re/c1-29-18-14(27)12(25)17(9(5-22)31-18)34-19-15(28)13(26)16(8(4-21)32-19)33-10-2-6(23)11(24)7(3-20)30-10;/h2,6-28H,3-5H2,1H3;. The summed E-state index contributed by atoms with van der Waals surface area (Å²) in [5, 5.41) is 91.1. The molecule has 3 heterocycles. The van der Waals surface area contributed by atoms with Crippen LogP contribution in [0.1, 0.15) is 0 Å². The molecule has 0 aliphatic carbocycles. The summed E-state index contributed by atoms with van der Waals surface area (Å²) in [6.07, 6.45) is -19.9. The zero-order valence-corrected chi connectivity index (χ0v) is 21.3. The van der Waals surface area contributed by atoms with Crippen molar-refractivity contribution in [1.29, 1.82) is 0 Å². The zero-order valence-electron chi connectivity index (χ0n) is 18.6. The van der Waals surface area contributed by atoms with Crippen molar-refractivity contribution in [1.82, 2.24) is 0 Å². The average molecular weight is 688 g/mol. The second-order valence-electron chi connectivity index (χ2n) is 8.50. The minimum absolute atomic E-state index is 0.615. The Morgan fingerprint density at radius 1 is 0.571 bits per heavy atom. The second-order valence-corrected chi connectivity index (χ2v) is 10.3. The van der Waals surface area contributed by atoms with E-state index in [4.69, 9.17) is 28.4 Å². The zero-order chi connectivity index (χ0) is 26.0. The van der Waals surface area contributed by atoms with Crippen LogP contribution in [0.25, 0.3) is 0 Å². The van der Waals surface area contributed by atoms with E-state index in [1.807, 2.05) is 0 Å². The number of hydrogen-bond acceptors (Lipinski definition) is 15. The van der Waals surface area contributed by atoms with Gasteiger partial charge in [-0.15, -0.1) is 0 Å². The minimum atomic E-state index is -1.79. The molecule has 0 bridgehead atoms. The molecule has 0 radical (unpaired) electrons. The molecule has 15 nitrogen and oxygen atoms in total. The first kappa shape index (κ1) is 29.6. The Morgan fingerprint density at radius 2 is 1.00 bits per heavy atom. The van der Waals surface area contributed by atoms with Crippen LogP contribution >= 0.6 is 0 Å². The third-order valence-electron chi connectivity index (χ3n) is 6.26. The number of aliphatic hydroxyl groups excluding tert-OH is 9. The first-order chi connectivity index (χ1) is 16.6. The van der Waals surface area contributed by atoms with E-state index in [9.17, 15) is 46.0 Å². The van der Waals surface area contributed by atoms with Crippen molar-refractivity contribution >= 4 is 0 Å². The summed E-state index contributed by atoms with van der Waals surface area (Å²) >= 11 is 1.01. The van der Waals surface area contributed by atoms with Gasteiger partial charge in [0.1, 0.15) is 0 Å². The van der Waals surface area contributed by atoms with Gasteiger partial charge in [-0.2, -0.15) is 0 Å². The quantitative estimate of drug-likeness (QED) is 0.116. The predicted octanol–water partition coefficient (Wildman–Crippen LogP) is -5.94. The van der Waals surface area contributed by atoms with Gasteiger partial charge in [-0.3, -0.25) is 0 Å². The van der Waals surface area contributed by atoms with Crippen LogP contribution in [0.3, 0.4) is 0 Å². The summed E-state index contributed by atoms with van der Waals surface area (Å²) < 4.78 is 31.8. The van der Waals surface area contributed by atoms with Gasteiger partial charge in [-0.1, -0.05) is 0 Å². The van der Waals surface area contributed by atoms with Crippen molar-refractivity contribution in [2.75, 3.05) is 26.9 Å². The molecular formula is C19H33O15Re. The molecule has 16 heteroatoms. The van der Waals surface area contributed by atoms with Gasteiger partial charge in [0.15, 0.2) is 0 Å². The molecule has 9 N–H and O–H groups in total. The molecule has 0 aromatic rings. The fourth-order valence-corrected chi connectivity index (χ4v) is 5.18. The van der Waals surface area contributed by atoms with Crippen molar-refractivity contribution < 1.29 is 93.6 Å². The molecule has 0 saturated carbocycles. The van der Waals surface area contributed by atoms with Crippen LogP contribution < -0.4 is 0 Å². The third-order valence-corrected chi connectivity index (χ3v) is 7.93. The molecule has 3 saturated heterocycles. The molecule has 15 unspecified atom stereocenters. The van der Waals surface area contributed by atoms with Crippen molar-refractivity contribution in [3.8, 4) is 0 Å². The molecule has 3 aliphatic rings.